The molecule has 1 aliphatic rings. The number of aliphatic carboxylic acids is 1. The lowest BCUT2D eigenvalue weighted by molar-refractivity contribution is -0.136. The van der Waals surface area contributed by atoms with E-state index in [0.717, 1.165) is 32.6 Å². The van der Waals surface area contributed by atoms with Gasteiger partial charge in [0.05, 0.1) is 6.54 Å². The van der Waals surface area contributed by atoms with Crippen LogP contribution in [0.4, 0.5) is 0 Å². The fraction of sp³-hybridized carbons (Fsp3) is 0.875. The van der Waals surface area contributed by atoms with Crippen molar-refractivity contribution in [3.8, 4) is 0 Å². The quantitative estimate of drug-likeness (QED) is 0.632. The van der Waals surface area contributed by atoms with Crippen molar-refractivity contribution in [3.05, 3.63) is 0 Å². The van der Waals surface area contributed by atoms with E-state index in [1.165, 1.54) is 0 Å². The molecule has 2 N–H and O–H groups in total. The van der Waals surface area contributed by atoms with Crippen LogP contribution in [0.1, 0.15) is 12.8 Å². The Hall–Kier alpha value is -0.610. The Labute approximate surface area is 71.9 Å². The molecule has 0 unspecified atom stereocenters. The lowest BCUT2D eigenvalue weighted by Crippen LogP contribution is -2.31. The number of carboxylic acids is 1. The molecule has 1 heterocycles. The summed E-state index contributed by atoms with van der Waals surface area (Å²) in [7, 11) is 0. The topological polar surface area (TPSA) is 58.6 Å². The van der Waals surface area contributed by atoms with Gasteiger partial charge in [0.2, 0.25) is 0 Å². The molecule has 0 radical (unpaired) electrons. The van der Waals surface area contributed by atoms with E-state index in [2.05, 4.69) is 5.32 Å². The highest BCUT2D eigenvalue weighted by molar-refractivity contribution is 5.68. The molecule has 1 fully saturated rings. The average molecular weight is 173 g/mol. The Balaban J connectivity index is 2.01. The van der Waals surface area contributed by atoms with E-state index in [0.29, 0.717) is 5.92 Å². The van der Waals surface area contributed by atoms with Gasteiger partial charge in [-0.15, -0.1) is 0 Å². The number of rotatable bonds is 4. The summed E-state index contributed by atoms with van der Waals surface area (Å²) in [5.74, 6) is -0.194. The number of carbonyl (C=O) groups is 1. The van der Waals surface area contributed by atoms with Crippen molar-refractivity contribution in [1.29, 1.82) is 0 Å². The van der Waals surface area contributed by atoms with E-state index in [4.69, 9.17) is 9.84 Å². The fourth-order valence-electron chi connectivity index (χ4n) is 1.33. The first-order valence-electron chi connectivity index (χ1n) is 4.29. The molecular weight excluding hydrogens is 158 g/mol. The largest absolute Gasteiger partial charge is 0.480 e. The van der Waals surface area contributed by atoms with Crippen molar-refractivity contribution < 1.29 is 14.6 Å². The van der Waals surface area contributed by atoms with Crippen LogP contribution in [-0.4, -0.2) is 37.4 Å². The molecule has 1 saturated heterocycles. The van der Waals surface area contributed by atoms with Gasteiger partial charge < -0.3 is 15.2 Å². The molecule has 70 valence electrons. The summed E-state index contributed by atoms with van der Waals surface area (Å²) < 4.78 is 5.18. The molecule has 0 atom stereocenters. The number of ether oxygens (including phenoxy) is 1. The Kier molecular flexibility index (Phi) is 4.04. The van der Waals surface area contributed by atoms with Crippen molar-refractivity contribution >= 4 is 5.97 Å². The zero-order valence-electron chi connectivity index (χ0n) is 7.08. The monoisotopic (exact) mass is 173 g/mol. The molecule has 12 heavy (non-hydrogen) atoms. The molecule has 0 spiro atoms. The Morgan fingerprint density at radius 2 is 2.17 bits per heavy atom. The molecule has 1 rings (SSSR count). The van der Waals surface area contributed by atoms with Crippen LogP contribution in [-0.2, 0) is 9.53 Å². The fourth-order valence-corrected chi connectivity index (χ4v) is 1.33. The van der Waals surface area contributed by atoms with E-state index in [1.807, 2.05) is 0 Å². The second-order valence-corrected chi connectivity index (χ2v) is 3.08. The van der Waals surface area contributed by atoms with E-state index in [-0.39, 0.29) is 6.54 Å². The highest BCUT2D eigenvalue weighted by atomic mass is 16.5. The molecule has 0 aromatic carbocycles. The lowest BCUT2D eigenvalue weighted by Gasteiger charge is -2.21. The highest BCUT2D eigenvalue weighted by Crippen LogP contribution is 2.12. The van der Waals surface area contributed by atoms with Crippen LogP contribution in [0.2, 0.25) is 0 Å². The number of carboxylic acid groups (broad SMARTS) is 1. The van der Waals surface area contributed by atoms with Crippen molar-refractivity contribution in [2.45, 2.75) is 12.8 Å². The minimum absolute atomic E-state index is 0.0668. The second-order valence-electron chi connectivity index (χ2n) is 3.08. The maximum Gasteiger partial charge on any atom is 0.317 e. The van der Waals surface area contributed by atoms with Crippen molar-refractivity contribution in [2.24, 2.45) is 5.92 Å². The van der Waals surface area contributed by atoms with Crippen LogP contribution >= 0.6 is 0 Å². The van der Waals surface area contributed by atoms with E-state index >= 15 is 0 Å². The normalized spacial score (nSPS) is 19.3. The van der Waals surface area contributed by atoms with Crippen LogP contribution in [0.3, 0.4) is 0 Å². The minimum atomic E-state index is -0.790. The van der Waals surface area contributed by atoms with Gasteiger partial charge >= 0.3 is 5.97 Å². The zero-order chi connectivity index (χ0) is 8.81. The first-order valence-corrected chi connectivity index (χ1v) is 4.29. The first kappa shape index (κ1) is 9.48. The molecule has 1 aliphatic heterocycles. The van der Waals surface area contributed by atoms with Gasteiger partial charge in [-0.25, -0.2) is 0 Å². The number of nitrogens with one attached hydrogen (secondary N) is 1. The van der Waals surface area contributed by atoms with Crippen LogP contribution in [0.5, 0.6) is 0 Å². The average Bonchev–Trinajstić information content (AvgIpc) is 2.05. The molecule has 0 saturated carbocycles. The third kappa shape index (κ3) is 3.69. The van der Waals surface area contributed by atoms with E-state index < -0.39 is 5.97 Å². The Bertz CT molecular complexity index is 143. The SMILES string of the molecule is O=C(O)CNCC1CCOCC1. The van der Waals surface area contributed by atoms with Crippen LogP contribution in [0, 0.1) is 5.92 Å². The third-order valence-electron chi connectivity index (χ3n) is 2.05. The van der Waals surface area contributed by atoms with Gasteiger partial charge in [0.25, 0.3) is 0 Å². The van der Waals surface area contributed by atoms with Gasteiger partial charge in [0.1, 0.15) is 0 Å². The maximum absolute atomic E-state index is 10.2. The first-order chi connectivity index (χ1) is 5.79. The molecule has 0 aromatic rings. The highest BCUT2D eigenvalue weighted by Gasteiger charge is 2.13. The zero-order valence-corrected chi connectivity index (χ0v) is 7.08. The van der Waals surface area contributed by atoms with Crippen molar-refractivity contribution in [2.75, 3.05) is 26.3 Å². The second kappa shape index (κ2) is 5.11. The summed E-state index contributed by atoms with van der Waals surface area (Å²) in [5.41, 5.74) is 0. The van der Waals surface area contributed by atoms with Crippen molar-refractivity contribution in [1.82, 2.24) is 5.32 Å². The molecule has 0 aliphatic carbocycles. The van der Waals surface area contributed by atoms with Crippen LogP contribution < -0.4 is 5.32 Å². The molecular formula is C8H15NO3. The maximum atomic E-state index is 10.2. The summed E-state index contributed by atoms with van der Waals surface area (Å²) >= 11 is 0. The summed E-state index contributed by atoms with van der Waals surface area (Å²) in [6.45, 7) is 2.51. The predicted molar refractivity (Wildman–Crippen MR) is 44.0 cm³/mol. The molecule has 4 heteroatoms. The summed E-state index contributed by atoms with van der Waals surface area (Å²) in [4.78, 5) is 10.2. The molecule has 0 amide bonds. The summed E-state index contributed by atoms with van der Waals surface area (Å²) in [6, 6.07) is 0. The molecule has 0 aromatic heterocycles. The van der Waals surface area contributed by atoms with Gasteiger partial charge in [-0.1, -0.05) is 0 Å². The van der Waals surface area contributed by atoms with Gasteiger partial charge in [0.15, 0.2) is 0 Å². The van der Waals surface area contributed by atoms with E-state index in [9.17, 15) is 4.79 Å². The van der Waals surface area contributed by atoms with Gasteiger partial charge in [-0.2, -0.15) is 0 Å². The van der Waals surface area contributed by atoms with Gasteiger partial charge in [0, 0.05) is 13.2 Å². The number of hydrogen-bond donors (Lipinski definition) is 2. The number of hydrogen-bond acceptors (Lipinski definition) is 3. The minimum Gasteiger partial charge on any atom is -0.480 e. The standard InChI is InChI=1S/C8H15NO3/c10-8(11)6-9-5-7-1-3-12-4-2-7/h7,9H,1-6H2,(H,10,11). The van der Waals surface area contributed by atoms with Gasteiger partial charge in [-0.05, 0) is 25.3 Å². The molecule has 0 bridgehead atoms. The summed E-state index contributed by atoms with van der Waals surface area (Å²) in [5, 5.41) is 11.3. The summed E-state index contributed by atoms with van der Waals surface area (Å²) in [6.07, 6.45) is 2.10. The third-order valence-corrected chi connectivity index (χ3v) is 2.05. The van der Waals surface area contributed by atoms with E-state index in [1.54, 1.807) is 0 Å². The Morgan fingerprint density at radius 1 is 1.50 bits per heavy atom. The van der Waals surface area contributed by atoms with Gasteiger partial charge in [-0.3, -0.25) is 4.79 Å². The Morgan fingerprint density at radius 3 is 2.75 bits per heavy atom. The molecule has 4 nitrogen and oxygen atoms in total. The predicted octanol–water partition coefficient (Wildman–Crippen LogP) is 0.0872. The lowest BCUT2D eigenvalue weighted by atomic mass is 10.0. The van der Waals surface area contributed by atoms with Crippen LogP contribution in [0.25, 0.3) is 0 Å². The van der Waals surface area contributed by atoms with Crippen LogP contribution in [0.15, 0.2) is 0 Å². The smallest absolute Gasteiger partial charge is 0.317 e. The van der Waals surface area contributed by atoms with Crippen molar-refractivity contribution in [3.63, 3.8) is 0 Å².